The molecule has 3 N–H and O–H groups in total. The molecule has 0 saturated carbocycles. The highest BCUT2D eigenvalue weighted by Crippen LogP contribution is 2.12. The van der Waals surface area contributed by atoms with Crippen LogP contribution < -0.4 is 20.9 Å². The highest BCUT2D eigenvalue weighted by molar-refractivity contribution is 6.04. The van der Waals surface area contributed by atoms with E-state index in [4.69, 9.17) is 4.74 Å². The van der Waals surface area contributed by atoms with E-state index in [9.17, 15) is 14.4 Å². The number of aryl methyl sites for hydroxylation is 1. The smallest absolute Gasteiger partial charge is 0.276 e. The molecule has 0 aliphatic carbocycles. The minimum atomic E-state index is -0.490. The van der Waals surface area contributed by atoms with Crippen LogP contribution >= 0.6 is 0 Å². The highest BCUT2D eigenvalue weighted by atomic mass is 16.5. The lowest BCUT2D eigenvalue weighted by Crippen LogP contribution is -2.43. The van der Waals surface area contributed by atoms with E-state index < -0.39 is 11.8 Å². The van der Waals surface area contributed by atoms with E-state index in [1.807, 2.05) is 25.1 Å². The fourth-order valence-corrected chi connectivity index (χ4v) is 2.52. The van der Waals surface area contributed by atoms with Crippen LogP contribution in [-0.2, 0) is 4.79 Å². The SMILES string of the molecule is Cc1ccc(OCC(=O)NNC(=O)c2ccc(NC(=O)c3ccccc3)cc2)cc1. The van der Waals surface area contributed by atoms with Gasteiger partial charge in [-0.1, -0.05) is 35.9 Å². The standard InChI is InChI=1S/C23H21N3O4/c1-16-7-13-20(14-8-16)30-15-21(27)25-26-23(29)18-9-11-19(12-10-18)24-22(28)17-5-3-2-4-6-17/h2-14H,15H2,1H3,(H,24,28)(H,25,27)(H,26,29). The van der Waals surface area contributed by atoms with Crippen molar-refractivity contribution in [2.24, 2.45) is 0 Å². The van der Waals surface area contributed by atoms with Gasteiger partial charge in [0, 0.05) is 16.8 Å². The number of rotatable bonds is 6. The normalized spacial score (nSPS) is 10.0. The number of hydrogen-bond donors (Lipinski definition) is 3. The Bertz CT molecular complexity index is 1020. The van der Waals surface area contributed by atoms with E-state index in [0.717, 1.165) is 5.56 Å². The first kappa shape index (κ1) is 20.6. The lowest BCUT2D eigenvalue weighted by molar-refractivity contribution is -0.123. The van der Waals surface area contributed by atoms with Crippen LogP contribution in [0.3, 0.4) is 0 Å². The van der Waals surface area contributed by atoms with Crippen molar-refractivity contribution < 1.29 is 19.1 Å². The number of hydrogen-bond acceptors (Lipinski definition) is 4. The molecule has 0 atom stereocenters. The third-order valence-corrected chi connectivity index (χ3v) is 4.15. The summed E-state index contributed by atoms with van der Waals surface area (Å²) in [6.07, 6.45) is 0. The molecule has 3 amide bonds. The third kappa shape index (κ3) is 5.93. The number of carbonyl (C=O) groups is 3. The van der Waals surface area contributed by atoms with E-state index in [-0.39, 0.29) is 12.5 Å². The Labute approximate surface area is 174 Å². The van der Waals surface area contributed by atoms with E-state index in [0.29, 0.717) is 22.6 Å². The zero-order valence-corrected chi connectivity index (χ0v) is 16.3. The number of nitrogens with one attached hydrogen (secondary N) is 3. The highest BCUT2D eigenvalue weighted by Gasteiger charge is 2.09. The molecular formula is C23H21N3O4. The van der Waals surface area contributed by atoms with Gasteiger partial charge in [-0.3, -0.25) is 25.2 Å². The summed E-state index contributed by atoms with van der Waals surface area (Å²) in [5, 5.41) is 2.75. The molecule has 0 radical (unpaired) electrons. The van der Waals surface area contributed by atoms with Crippen LogP contribution in [0.25, 0.3) is 0 Å². The number of amides is 3. The molecule has 30 heavy (non-hydrogen) atoms. The van der Waals surface area contributed by atoms with Crippen LogP contribution in [0, 0.1) is 6.92 Å². The molecule has 7 nitrogen and oxygen atoms in total. The number of benzene rings is 3. The van der Waals surface area contributed by atoms with Crippen LogP contribution in [0.2, 0.25) is 0 Å². The lowest BCUT2D eigenvalue weighted by atomic mass is 10.1. The molecule has 3 rings (SSSR count). The summed E-state index contributed by atoms with van der Waals surface area (Å²) in [5.74, 6) is -0.654. The summed E-state index contributed by atoms with van der Waals surface area (Å²) in [7, 11) is 0. The van der Waals surface area contributed by atoms with Gasteiger partial charge in [0.05, 0.1) is 0 Å². The first-order chi connectivity index (χ1) is 14.5. The lowest BCUT2D eigenvalue weighted by Gasteiger charge is -2.10. The van der Waals surface area contributed by atoms with Crippen LogP contribution in [-0.4, -0.2) is 24.3 Å². The van der Waals surface area contributed by atoms with Crippen molar-refractivity contribution in [1.29, 1.82) is 0 Å². The van der Waals surface area contributed by atoms with Crippen molar-refractivity contribution in [2.75, 3.05) is 11.9 Å². The summed E-state index contributed by atoms with van der Waals surface area (Å²) in [4.78, 5) is 36.1. The Morgan fingerprint density at radius 1 is 0.733 bits per heavy atom. The minimum Gasteiger partial charge on any atom is -0.484 e. The average molecular weight is 403 g/mol. The second kappa shape index (κ2) is 9.88. The summed E-state index contributed by atoms with van der Waals surface area (Å²) < 4.78 is 5.35. The second-order valence-electron chi connectivity index (χ2n) is 6.50. The van der Waals surface area contributed by atoms with Crippen LogP contribution in [0.4, 0.5) is 5.69 Å². The molecule has 3 aromatic carbocycles. The number of ether oxygens (including phenoxy) is 1. The van der Waals surface area contributed by atoms with Gasteiger partial charge in [0.15, 0.2) is 6.61 Å². The Hall–Kier alpha value is -4.13. The zero-order chi connectivity index (χ0) is 21.3. The van der Waals surface area contributed by atoms with Crippen molar-refractivity contribution in [3.8, 4) is 5.75 Å². The molecular weight excluding hydrogens is 382 g/mol. The van der Waals surface area contributed by atoms with Crippen molar-refractivity contribution in [3.05, 3.63) is 95.6 Å². The van der Waals surface area contributed by atoms with Gasteiger partial charge in [-0.05, 0) is 55.5 Å². The number of hydrazine groups is 1. The molecule has 0 aliphatic heterocycles. The van der Waals surface area contributed by atoms with Crippen LogP contribution in [0.1, 0.15) is 26.3 Å². The molecule has 0 unspecified atom stereocenters. The van der Waals surface area contributed by atoms with E-state index in [1.165, 1.54) is 0 Å². The van der Waals surface area contributed by atoms with Gasteiger partial charge in [-0.25, -0.2) is 0 Å². The largest absolute Gasteiger partial charge is 0.484 e. The fourth-order valence-electron chi connectivity index (χ4n) is 2.52. The zero-order valence-electron chi connectivity index (χ0n) is 16.3. The fraction of sp³-hybridized carbons (Fsp3) is 0.0870. The summed E-state index contributed by atoms with van der Waals surface area (Å²) >= 11 is 0. The first-order valence-corrected chi connectivity index (χ1v) is 9.26. The maximum Gasteiger partial charge on any atom is 0.276 e. The number of carbonyl (C=O) groups excluding carboxylic acids is 3. The molecule has 0 fully saturated rings. The van der Waals surface area contributed by atoms with Crippen LogP contribution in [0.5, 0.6) is 5.75 Å². The van der Waals surface area contributed by atoms with Gasteiger partial charge in [-0.2, -0.15) is 0 Å². The third-order valence-electron chi connectivity index (χ3n) is 4.15. The molecule has 0 aliphatic rings. The van der Waals surface area contributed by atoms with E-state index in [2.05, 4.69) is 16.2 Å². The Morgan fingerprint density at radius 3 is 2.03 bits per heavy atom. The maximum absolute atomic E-state index is 12.2. The van der Waals surface area contributed by atoms with Crippen molar-refractivity contribution >= 4 is 23.4 Å². The molecule has 0 heterocycles. The van der Waals surface area contributed by atoms with Crippen molar-refractivity contribution in [2.45, 2.75) is 6.92 Å². The molecule has 3 aromatic rings. The van der Waals surface area contributed by atoms with Gasteiger partial charge >= 0.3 is 0 Å². The Morgan fingerprint density at radius 2 is 1.37 bits per heavy atom. The molecule has 152 valence electrons. The average Bonchev–Trinajstić information content (AvgIpc) is 2.78. The topological polar surface area (TPSA) is 96.5 Å². The summed E-state index contributed by atoms with van der Waals surface area (Å²) in [6, 6.07) is 22.4. The molecule has 0 spiro atoms. The van der Waals surface area contributed by atoms with Gasteiger partial charge in [0.25, 0.3) is 17.7 Å². The predicted molar refractivity (Wildman–Crippen MR) is 113 cm³/mol. The van der Waals surface area contributed by atoms with E-state index in [1.54, 1.807) is 60.7 Å². The first-order valence-electron chi connectivity index (χ1n) is 9.26. The summed E-state index contributed by atoms with van der Waals surface area (Å²) in [6.45, 7) is 1.73. The molecule has 0 aromatic heterocycles. The van der Waals surface area contributed by atoms with Gasteiger partial charge in [0.2, 0.25) is 0 Å². The van der Waals surface area contributed by atoms with Crippen molar-refractivity contribution in [3.63, 3.8) is 0 Å². The monoisotopic (exact) mass is 403 g/mol. The summed E-state index contributed by atoms with van der Waals surface area (Å²) in [5.41, 5.74) is 7.12. The molecule has 0 bridgehead atoms. The quantitative estimate of drug-likeness (QED) is 0.551. The van der Waals surface area contributed by atoms with Gasteiger partial charge in [-0.15, -0.1) is 0 Å². The molecule has 0 saturated heterocycles. The van der Waals surface area contributed by atoms with Gasteiger partial charge < -0.3 is 10.1 Å². The van der Waals surface area contributed by atoms with Crippen LogP contribution in [0.15, 0.2) is 78.9 Å². The molecule has 7 heteroatoms. The van der Waals surface area contributed by atoms with Crippen molar-refractivity contribution in [1.82, 2.24) is 10.9 Å². The predicted octanol–water partition coefficient (Wildman–Crippen LogP) is 3.09. The number of anilines is 1. The van der Waals surface area contributed by atoms with Gasteiger partial charge in [0.1, 0.15) is 5.75 Å². The maximum atomic E-state index is 12.2. The Kier molecular flexibility index (Phi) is 6.78. The second-order valence-corrected chi connectivity index (χ2v) is 6.50. The van der Waals surface area contributed by atoms with E-state index >= 15 is 0 Å². The minimum absolute atomic E-state index is 0.228. The Balaban J connectivity index is 1.45.